The molecule has 1 atom stereocenters. The van der Waals surface area contributed by atoms with Crippen LogP contribution in [-0.2, 0) is 0 Å². The van der Waals surface area contributed by atoms with E-state index in [1.54, 1.807) is 31.2 Å². The van der Waals surface area contributed by atoms with Crippen molar-refractivity contribution >= 4 is 5.69 Å². The molecular formula is C16H13N3O2. The Morgan fingerprint density at radius 3 is 2.19 bits per heavy atom. The van der Waals surface area contributed by atoms with Gasteiger partial charge >= 0.3 is 0 Å². The summed E-state index contributed by atoms with van der Waals surface area (Å²) in [4.78, 5) is 0. The van der Waals surface area contributed by atoms with Gasteiger partial charge in [0.15, 0.2) is 0 Å². The van der Waals surface area contributed by atoms with E-state index in [4.69, 9.17) is 10.5 Å². The molecule has 5 nitrogen and oxygen atoms in total. The number of hydrogen-bond donors (Lipinski definition) is 3. The van der Waals surface area contributed by atoms with Crippen molar-refractivity contribution in [3.8, 4) is 23.6 Å². The summed E-state index contributed by atoms with van der Waals surface area (Å²) in [7, 11) is 0. The first-order valence-corrected chi connectivity index (χ1v) is 6.28. The lowest BCUT2D eigenvalue weighted by molar-refractivity contribution is 0.434. The summed E-state index contributed by atoms with van der Waals surface area (Å²) in [5.41, 5.74) is 1.58. The van der Waals surface area contributed by atoms with Gasteiger partial charge in [0.05, 0.1) is 22.7 Å². The van der Waals surface area contributed by atoms with Crippen molar-refractivity contribution in [2.45, 2.75) is 13.0 Å². The summed E-state index contributed by atoms with van der Waals surface area (Å²) in [6.45, 7) is 1.78. The second kappa shape index (κ2) is 5.85. The minimum absolute atomic E-state index is 0.0100. The van der Waals surface area contributed by atoms with Gasteiger partial charge in [-0.05, 0) is 37.3 Å². The zero-order valence-corrected chi connectivity index (χ0v) is 11.3. The minimum atomic E-state index is -0.370. The number of anilines is 1. The highest BCUT2D eigenvalue weighted by molar-refractivity contribution is 5.58. The van der Waals surface area contributed by atoms with Crippen LogP contribution in [0.2, 0.25) is 0 Å². The minimum Gasteiger partial charge on any atom is -0.507 e. The Kier molecular flexibility index (Phi) is 3.97. The van der Waals surface area contributed by atoms with Crippen molar-refractivity contribution in [3.05, 3.63) is 53.1 Å². The number of phenols is 2. The zero-order chi connectivity index (χ0) is 15.4. The molecule has 2 rings (SSSR count). The molecule has 1 unspecified atom stereocenters. The van der Waals surface area contributed by atoms with Crippen LogP contribution in [0.3, 0.4) is 0 Å². The largest absolute Gasteiger partial charge is 0.507 e. The molecule has 0 aromatic heterocycles. The van der Waals surface area contributed by atoms with Gasteiger partial charge in [0.1, 0.15) is 23.6 Å². The van der Waals surface area contributed by atoms with E-state index in [-0.39, 0.29) is 23.1 Å². The maximum atomic E-state index is 9.83. The molecule has 0 heterocycles. The molecule has 21 heavy (non-hydrogen) atoms. The van der Waals surface area contributed by atoms with Crippen LogP contribution in [0.5, 0.6) is 11.5 Å². The van der Waals surface area contributed by atoms with E-state index in [2.05, 4.69) is 5.32 Å². The SMILES string of the molecule is CC(Nc1ccc(C#N)c(C#N)c1)c1c(O)cccc1O. The molecule has 0 spiro atoms. The van der Waals surface area contributed by atoms with Gasteiger partial charge in [0.2, 0.25) is 0 Å². The van der Waals surface area contributed by atoms with Crippen molar-refractivity contribution in [2.24, 2.45) is 0 Å². The number of nitrogens with zero attached hydrogens (tertiary/aromatic N) is 2. The topological polar surface area (TPSA) is 100 Å². The third-order valence-electron chi connectivity index (χ3n) is 3.14. The predicted octanol–water partition coefficient (Wildman–Crippen LogP) is 3.01. The van der Waals surface area contributed by atoms with Crippen molar-refractivity contribution in [1.29, 1.82) is 10.5 Å². The fourth-order valence-electron chi connectivity index (χ4n) is 2.13. The van der Waals surface area contributed by atoms with Gasteiger partial charge in [-0.2, -0.15) is 10.5 Å². The molecular weight excluding hydrogens is 266 g/mol. The van der Waals surface area contributed by atoms with Crippen LogP contribution in [0.4, 0.5) is 5.69 Å². The van der Waals surface area contributed by atoms with Gasteiger partial charge in [-0.1, -0.05) is 6.07 Å². The Hall–Kier alpha value is -3.18. The first-order valence-electron chi connectivity index (χ1n) is 6.28. The smallest absolute Gasteiger partial charge is 0.124 e. The average molecular weight is 279 g/mol. The van der Waals surface area contributed by atoms with Crippen LogP contribution in [0.25, 0.3) is 0 Å². The van der Waals surface area contributed by atoms with Gasteiger partial charge in [-0.25, -0.2) is 0 Å². The number of rotatable bonds is 3. The monoisotopic (exact) mass is 279 g/mol. The maximum absolute atomic E-state index is 9.83. The van der Waals surface area contributed by atoms with E-state index in [1.165, 1.54) is 12.1 Å². The Bertz CT molecular complexity index is 737. The van der Waals surface area contributed by atoms with Crippen LogP contribution in [0.1, 0.15) is 29.7 Å². The van der Waals surface area contributed by atoms with Crippen LogP contribution >= 0.6 is 0 Å². The quantitative estimate of drug-likeness (QED) is 0.801. The van der Waals surface area contributed by atoms with Crippen molar-refractivity contribution < 1.29 is 10.2 Å². The standard InChI is InChI=1S/C16H13N3O2/c1-10(16-14(20)3-2-4-15(16)21)19-13-6-5-11(8-17)12(7-13)9-18/h2-7,10,19-21H,1H3. The van der Waals surface area contributed by atoms with E-state index in [1.807, 2.05) is 12.1 Å². The number of phenolic OH excluding ortho intramolecular Hbond substituents is 2. The third kappa shape index (κ3) is 2.88. The number of hydrogen-bond acceptors (Lipinski definition) is 5. The summed E-state index contributed by atoms with van der Waals surface area (Å²) in [6.07, 6.45) is 0. The normalized spacial score (nSPS) is 11.2. The predicted molar refractivity (Wildman–Crippen MR) is 77.7 cm³/mol. The highest BCUT2D eigenvalue weighted by Gasteiger charge is 2.15. The molecule has 104 valence electrons. The number of benzene rings is 2. The molecule has 3 N–H and O–H groups in total. The molecule has 0 saturated carbocycles. The Balaban J connectivity index is 2.31. The molecule has 5 heteroatoms. The molecule has 0 aliphatic rings. The van der Waals surface area contributed by atoms with Gasteiger partial charge in [0, 0.05) is 5.69 Å². The van der Waals surface area contributed by atoms with E-state index in [0.717, 1.165) is 0 Å². The third-order valence-corrected chi connectivity index (χ3v) is 3.14. The summed E-state index contributed by atoms with van der Waals surface area (Å²) in [5, 5.41) is 40.6. The zero-order valence-electron chi connectivity index (χ0n) is 11.3. The summed E-state index contributed by atoms with van der Waals surface area (Å²) >= 11 is 0. The molecule has 0 aliphatic heterocycles. The Morgan fingerprint density at radius 2 is 1.62 bits per heavy atom. The van der Waals surface area contributed by atoms with E-state index in [9.17, 15) is 10.2 Å². The van der Waals surface area contributed by atoms with E-state index < -0.39 is 0 Å². The molecule has 2 aromatic rings. The average Bonchev–Trinajstić information content (AvgIpc) is 2.46. The fraction of sp³-hybridized carbons (Fsp3) is 0.125. The van der Waals surface area contributed by atoms with Crippen LogP contribution in [0, 0.1) is 22.7 Å². The Morgan fingerprint density at radius 1 is 1.00 bits per heavy atom. The second-order valence-electron chi connectivity index (χ2n) is 4.56. The first kappa shape index (κ1) is 14.2. The van der Waals surface area contributed by atoms with Crippen LogP contribution in [0.15, 0.2) is 36.4 Å². The molecule has 0 fully saturated rings. The van der Waals surface area contributed by atoms with E-state index >= 15 is 0 Å². The van der Waals surface area contributed by atoms with Gasteiger partial charge in [0.25, 0.3) is 0 Å². The van der Waals surface area contributed by atoms with Crippen LogP contribution < -0.4 is 5.32 Å². The molecule has 0 bridgehead atoms. The van der Waals surface area contributed by atoms with Crippen molar-refractivity contribution in [3.63, 3.8) is 0 Å². The molecule has 0 aliphatic carbocycles. The van der Waals surface area contributed by atoms with E-state index in [0.29, 0.717) is 16.8 Å². The first-order chi connectivity index (χ1) is 10.1. The fourth-order valence-corrected chi connectivity index (χ4v) is 2.13. The van der Waals surface area contributed by atoms with Gasteiger partial charge in [-0.15, -0.1) is 0 Å². The lowest BCUT2D eigenvalue weighted by Crippen LogP contribution is -2.07. The number of nitriles is 2. The molecule has 0 radical (unpaired) electrons. The summed E-state index contributed by atoms with van der Waals surface area (Å²) in [5.74, 6) is -0.0201. The van der Waals surface area contributed by atoms with Crippen molar-refractivity contribution in [2.75, 3.05) is 5.32 Å². The highest BCUT2D eigenvalue weighted by atomic mass is 16.3. The maximum Gasteiger partial charge on any atom is 0.124 e. The summed E-state index contributed by atoms with van der Waals surface area (Å²) in [6, 6.07) is 12.9. The highest BCUT2D eigenvalue weighted by Crippen LogP contribution is 2.34. The second-order valence-corrected chi connectivity index (χ2v) is 4.56. The number of aromatic hydroxyl groups is 2. The molecule has 0 saturated heterocycles. The summed E-state index contributed by atoms with van der Waals surface area (Å²) < 4.78 is 0. The number of nitrogens with one attached hydrogen (secondary N) is 1. The molecule has 2 aromatic carbocycles. The lowest BCUT2D eigenvalue weighted by Gasteiger charge is -2.18. The van der Waals surface area contributed by atoms with Gasteiger partial charge in [-0.3, -0.25) is 0 Å². The lowest BCUT2D eigenvalue weighted by atomic mass is 10.0. The van der Waals surface area contributed by atoms with Crippen LogP contribution in [-0.4, -0.2) is 10.2 Å². The van der Waals surface area contributed by atoms with Gasteiger partial charge < -0.3 is 15.5 Å². The Labute approximate surface area is 122 Å². The molecule has 0 amide bonds. The van der Waals surface area contributed by atoms with Crippen molar-refractivity contribution in [1.82, 2.24) is 0 Å².